The molecule has 1 aromatic carbocycles. The number of ether oxygens (including phenoxy) is 1. The van der Waals surface area contributed by atoms with E-state index in [0.29, 0.717) is 11.8 Å². The molecule has 2 heterocycles. The molecule has 0 aliphatic rings. The van der Waals surface area contributed by atoms with E-state index in [1.807, 2.05) is 37.3 Å². The number of H-pyrrole nitrogens is 1. The van der Waals surface area contributed by atoms with Gasteiger partial charge in [-0.25, -0.2) is 0 Å². The van der Waals surface area contributed by atoms with Crippen molar-refractivity contribution in [2.24, 2.45) is 0 Å². The van der Waals surface area contributed by atoms with Gasteiger partial charge in [-0.05, 0) is 42.4 Å². The Balaban J connectivity index is 1.90. The van der Waals surface area contributed by atoms with Gasteiger partial charge in [-0.2, -0.15) is 15.0 Å². The second-order valence-corrected chi connectivity index (χ2v) is 5.27. The van der Waals surface area contributed by atoms with Crippen LogP contribution < -0.4 is 4.74 Å². The molecule has 0 aliphatic heterocycles. The van der Waals surface area contributed by atoms with Crippen LogP contribution >= 0.6 is 23.4 Å². The van der Waals surface area contributed by atoms with Gasteiger partial charge in [0.2, 0.25) is 10.4 Å². The number of para-hydroxylation sites is 1. The van der Waals surface area contributed by atoms with Crippen LogP contribution in [0, 0.1) is 0 Å². The molecule has 0 saturated carbocycles. The van der Waals surface area contributed by atoms with E-state index < -0.39 is 0 Å². The fourth-order valence-electron chi connectivity index (χ4n) is 1.75. The maximum Gasteiger partial charge on any atom is 0.321 e. The Morgan fingerprint density at radius 1 is 1.25 bits per heavy atom. The van der Waals surface area contributed by atoms with Gasteiger partial charge in [0.25, 0.3) is 0 Å². The van der Waals surface area contributed by atoms with Crippen LogP contribution in [0.5, 0.6) is 6.01 Å². The summed E-state index contributed by atoms with van der Waals surface area (Å²) in [5.41, 5.74) is 1.07. The molecule has 5 nitrogen and oxygen atoms in total. The molecular weight excluding hydrogens is 296 g/mol. The lowest BCUT2D eigenvalue weighted by atomic mass is 10.3. The second kappa shape index (κ2) is 5.68. The topological polar surface area (TPSA) is 63.7 Å². The van der Waals surface area contributed by atoms with Crippen molar-refractivity contribution in [3.05, 3.63) is 35.6 Å². The van der Waals surface area contributed by atoms with Gasteiger partial charge in [0.05, 0.1) is 11.6 Å². The normalized spacial score (nSPS) is 10.9. The highest BCUT2D eigenvalue weighted by Gasteiger charge is 2.09. The van der Waals surface area contributed by atoms with E-state index in [1.54, 1.807) is 0 Å². The minimum absolute atomic E-state index is 0.127. The van der Waals surface area contributed by atoms with E-state index in [0.717, 1.165) is 15.9 Å². The van der Waals surface area contributed by atoms with Crippen LogP contribution in [0.15, 0.2) is 40.5 Å². The van der Waals surface area contributed by atoms with Crippen LogP contribution in [0.2, 0.25) is 5.28 Å². The highest BCUT2D eigenvalue weighted by atomic mass is 35.5. The Morgan fingerprint density at radius 3 is 2.90 bits per heavy atom. The van der Waals surface area contributed by atoms with Crippen LogP contribution in [-0.4, -0.2) is 26.5 Å². The van der Waals surface area contributed by atoms with Crippen LogP contribution in [0.3, 0.4) is 0 Å². The predicted octanol–water partition coefficient (Wildman–Crippen LogP) is 3.56. The summed E-state index contributed by atoms with van der Waals surface area (Å²) in [7, 11) is 0. The van der Waals surface area contributed by atoms with Gasteiger partial charge >= 0.3 is 6.01 Å². The van der Waals surface area contributed by atoms with Gasteiger partial charge in [0.1, 0.15) is 0 Å². The van der Waals surface area contributed by atoms with Crippen molar-refractivity contribution in [2.75, 3.05) is 6.61 Å². The minimum Gasteiger partial charge on any atom is -0.464 e. The predicted molar refractivity (Wildman–Crippen MR) is 78.4 cm³/mol. The second-order valence-electron chi connectivity index (χ2n) is 3.93. The number of nitrogens with zero attached hydrogens (tertiary/aromatic N) is 3. The summed E-state index contributed by atoms with van der Waals surface area (Å²) in [4.78, 5) is 15.5. The first-order chi connectivity index (χ1) is 9.74. The Bertz CT molecular complexity index is 713. The first-order valence-electron chi connectivity index (χ1n) is 6.04. The van der Waals surface area contributed by atoms with Crippen LogP contribution in [0.1, 0.15) is 6.92 Å². The Labute approximate surface area is 124 Å². The van der Waals surface area contributed by atoms with Crippen molar-refractivity contribution >= 4 is 34.3 Å². The number of aromatic nitrogens is 4. The van der Waals surface area contributed by atoms with Gasteiger partial charge in [0.15, 0.2) is 0 Å². The highest BCUT2D eigenvalue weighted by Crippen LogP contribution is 2.28. The maximum absolute atomic E-state index is 5.86. The maximum atomic E-state index is 5.86. The van der Waals surface area contributed by atoms with E-state index in [4.69, 9.17) is 16.3 Å². The summed E-state index contributed by atoms with van der Waals surface area (Å²) >= 11 is 7.25. The van der Waals surface area contributed by atoms with Gasteiger partial charge in [-0.1, -0.05) is 18.2 Å². The molecule has 0 amide bonds. The third-order valence-corrected chi connectivity index (χ3v) is 3.52. The number of rotatable bonds is 4. The van der Waals surface area contributed by atoms with Crippen molar-refractivity contribution in [2.45, 2.75) is 17.1 Å². The van der Waals surface area contributed by atoms with Crippen molar-refractivity contribution in [1.82, 2.24) is 19.9 Å². The molecule has 1 N–H and O–H groups in total. The molecule has 0 atom stereocenters. The van der Waals surface area contributed by atoms with E-state index in [1.165, 1.54) is 11.8 Å². The minimum atomic E-state index is 0.127. The summed E-state index contributed by atoms with van der Waals surface area (Å²) in [5, 5.41) is 2.71. The van der Waals surface area contributed by atoms with Crippen molar-refractivity contribution < 1.29 is 4.74 Å². The standard InChI is InChI=1S/C13H11ClN4OS/c1-2-19-12-16-11(14)17-13(18-12)20-10-7-8-5-3-4-6-9(8)15-10/h3-7,15H,2H2,1H3. The monoisotopic (exact) mass is 306 g/mol. The summed E-state index contributed by atoms with van der Waals surface area (Å²) in [6.45, 7) is 2.35. The Morgan fingerprint density at radius 2 is 2.10 bits per heavy atom. The highest BCUT2D eigenvalue weighted by molar-refractivity contribution is 7.99. The van der Waals surface area contributed by atoms with Crippen LogP contribution in [0.25, 0.3) is 10.9 Å². The van der Waals surface area contributed by atoms with Crippen molar-refractivity contribution in [3.63, 3.8) is 0 Å². The molecule has 20 heavy (non-hydrogen) atoms. The summed E-state index contributed by atoms with van der Waals surface area (Å²) in [6.07, 6.45) is 0. The molecule has 0 spiro atoms. The number of hydrogen-bond acceptors (Lipinski definition) is 5. The molecule has 0 fully saturated rings. The SMILES string of the molecule is CCOc1nc(Cl)nc(Sc2cc3ccccc3[nH]2)n1. The molecule has 0 saturated heterocycles. The number of aromatic amines is 1. The lowest BCUT2D eigenvalue weighted by Crippen LogP contribution is -2.00. The van der Waals surface area contributed by atoms with Crippen LogP contribution in [-0.2, 0) is 0 Å². The number of halogens is 1. The molecule has 0 radical (unpaired) electrons. The lowest BCUT2D eigenvalue weighted by Gasteiger charge is -2.02. The number of nitrogens with one attached hydrogen (secondary N) is 1. The largest absolute Gasteiger partial charge is 0.464 e. The molecule has 3 aromatic rings. The fourth-order valence-corrected chi connectivity index (χ4v) is 2.76. The Kier molecular flexibility index (Phi) is 3.75. The Hall–Kier alpha value is -1.79. The van der Waals surface area contributed by atoms with Gasteiger partial charge in [-0.15, -0.1) is 0 Å². The molecule has 0 unspecified atom stereocenters. The van der Waals surface area contributed by atoms with Crippen molar-refractivity contribution in [3.8, 4) is 6.01 Å². The van der Waals surface area contributed by atoms with E-state index >= 15 is 0 Å². The van der Waals surface area contributed by atoms with E-state index in [2.05, 4.69) is 19.9 Å². The smallest absolute Gasteiger partial charge is 0.321 e. The summed E-state index contributed by atoms with van der Waals surface area (Å²) in [5.74, 6) is 0. The third-order valence-electron chi connectivity index (χ3n) is 2.55. The zero-order chi connectivity index (χ0) is 13.9. The van der Waals surface area contributed by atoms with Gasteiger partial charge < -0.3 is 9.72 Å². The molecule has 0 aliphatic carbocycles. The molecule has 7 heteroatoms. The average molecular weight is 307 g/mol. The zero-order valence-electron chi connectivity index (χ0n) is 10.6. The molecule has 0 bridgehead atoms. The zero-order valence-corrected chi connectivity index (χ0v) is 12.2. The summed E-state index contributed by atoms with van der Waals surface area (Å²) < 4.78 is 5.25. The van der Waals surface area contributed by atoms with Crippen LogP contribution in [0.4, 0.5) is 0 Å². The molecule has 3 rings (SSSR count). The molecular formula is C13H11ClN4OS. The number of fused-ring (bicyclic) bond motifs is 1. The van der Waals surface area contributed by atoms with Gasteiger partial charge in [0, 0.05) is 10.9 Å². The first kappa shape index (κ1) is 13.2. The number of benzene rings is 1. The van der Waals surface area contributed by atoms with Gasteiger partial charge in [-0.3, -0.25) is 0 Å². The third kappa shape index (κ3) is 2.86. The first-order valence-corrected chi connectivity index (χ1v) is 7.24. The van der Waals surface area contributed by atoms with E-state index in [-0.39, 0.29) is 11.3 Å². The quantitative estimate of drug-likeness (QED) is 0.798. The lowest BCUT2D eigenvalue weighted by molar-refractivity contribution is 0.307. The average Bonchev–Trinajstić information content (AvgIpc) is 2.80. The molecule has 2 aromatic heterocycles. The summed E-state index contributed by atoms with van der Waals surface area (Å²) in [6, 6.07) is 10.3. The van der Waals surface area contributed by atoms with E-state index in [9.17, 15) is 0 Å². The van der Waals surface area contributed by atoms with Crippen molar-refractivity contribution in [1.29, 1.82) is 0 Å². The number of hydrogen-bond donors (Lipinski definition) is 1. The molecule has 102 valence electrons. The fraction of sp³-hybridized carbons (Fsp3) is 0.154.